The van der Waals surface area contributed by atoms with E-state index in [2.05, 4.69) is 5.16 Å². The van der Waals surface area contributed by atoms with Crippen molar-refractivity contribution >= 4 is 40.8 Å². The molecule has 1 aromatic carbocycles. The number of ketones is 1. The fourth-order valence-corrected chi connectivity index (χ4v) is 3.84. The molecule has 29 heavy (non-hydrogen) atoms. The molecule has 1 aliphatic rings. The van der Waals surface area contributed by atoms with Gasteiger partial charge in [0, 0.05) is 23.0 Å². The zero-order valence-corrected chi connectivity index (χ0v) is 17.3. The Kier molecular flexibility index (Phi) is 4.59. The van der Waals surface area contributed by atoms with E-state index < -0.39 is 11.8 Å². The van der Waals surface area contributed by atoms with Crippen LogP contribution in [0.2, 0.25) is 10.0 Å². The van der Waals surface area contributed by atoms with Crippen molar-refractivity contribution in [3.8, 4) is 5.82 Å². The zero-order chi connectivity index (χ0) is 21.0. The molecular formula is C20H15Cl2N3O4. The molecule has 0 bridgehead atoms. The number of rotatable bonds is 4. The minimum atomic E-state index is -0.571. The highest BCUT2D eigenvalue weighted by Crippen LogP contribution is 2.32. The van der Waals surface area contributed by atoms with Crippen molar-refractivity contribution in [2.24, 2.45) is 0 Å². The largest absolute Gasteiger partial charge is 0.360 e. The number of fused-ring (bicyclic) bond motifs is 1. The number of benzene rings is 1. The second-order valence-corrected chi connectivity index (χ2v) is 7.66. The molecule has 0 fully saturated rings. The molecule has 2 amide bonds. The number of halogens is 2. The van der Waals surface area contributed by atoms with Crippen molar-refractivity contribution < 1.29 is 18.9 Å². The normalized spacial score (nSPS) is 13.3. The molecule has 0 N–H and O–H groups in total. The number of aromatic nitrogens is 2. The summed E-state index contributed by atoms with van der Waals surface area (Å²) >= 11 is 11.9. The molecule has 4 rings (SSSR count). The molecule has 0 unspecified atom stereocenters. The fourth-order valence-electron chi connectivity index (χ4n) is 3.51. The van der Waals surface area contributed by atoms with Crippen LogP contribution in [-0.2, 0) is 0 Å². The van der Waals surface area contributed by atoms with Gasteiger partial charge in [0.05, 0.1) is 27.7 Å². The maximum atomic E-state index is 12.9. The zero-order valence-electron chi connectivity index (χ0n) is 15.7. The van der Waals surface area contributed by atoms with Gasteiger partial charge in [-0.3, -0.25) is 23.9 Å². The molecule has 0 aliphatic carbocycles. The van der Waals surface area contributed by atoms with Crippen molar-refractivity contribution in [2.75, 3.05) is 6.54 Å². The van der Waals surface area contributed by atoms with Crippen LogP contribution in [-0.4, -0.2) is 38.8 Å². The fraction of sp³-hybridized carbons (Fsp3) is 0.200. The first-order valence-electron chi connectivity index (χ1n) is 8.70. The van der Waals surface area contributed by atoms with Gasteiger partial charge in [-0.1, -0.05) is 28.4 Å². The third-order valence-corrected chi connectivity index (χ3v) is 5.61. The predicted molar refractivity (Wildman–Crippen MR) is 106 cm³/mol. The van der Waals surface area contributed by atoms with Gasteiger partial charge in [-0.15, -0.1) is 0 Å². The minimum absolute atomic E-state index is 0.140. The molecule has 0 atom stereocenters. The molecule has 3 aromatic rings. The van der Waals surface area contributed by atoms with Crippen molar-refractivity contribution in [3.05, 3.63) is 68.1 Å². The van der Waals surface area contributed by atoms with E-state index in [0.29, 0.717) is 22.8 Å². The smallest absolute Gasteiger partial charge is 0.262 e. The number of hydrogen-bond donors (Lipinski definition) is 0. The Morgan fingerprint density at radius 1 is 1.00 bits per heavy atom. The van der Waals surface area contributed by atoms with Crippen LogP contribution >= 0.6 is 23.2 Å². The summed E-state index contributed by atoms with van der Waals surface area (Å²) in [6.45, 7) is 4.99. The van der Waals surface area contributed by atoms with Crippen molar-refractivity contribution in [3.63, 3.8) is 0 Å². The molecule has 7 nitrogen and oxygen atoms in total. The summed E-state index contributed by atoms with van der Waals surface area (Å²) in [5, 5.41) is 4.33. The van der Waals surface area contributed by atoms with Gasteiger partial charge in [-0.05, 0) is 39.0 Å². The molecule has 2 aromatic heterocycles. The molecule has 9 heteroatoms. The van der Waals surface area contributed by atoms with E-state index >= 15 is 0 Å². The molecule has 0 saturated carbocycles. The van der Waals surface area contributed by atoms with Crippen LogP contribution in [0.3, 0.4) is 0 Å². The molecule has 148 valence electrons. The molecule has 0 spiro atoms. The summed E-state index contributed by atoms with van der Waals surface area (Å²) in [7, 11) is 0. The standard InChI is InChI=1S/C20H15Cl2N3O4/c1-9-4-12(11(3)25(9)18-5-10(2)29-23-18)17(26)8-24-19(27)13-6-15(21)16(22)7-14(13)20(24)28/h4-7H,8H2,1-3H3. The monoisotopic (exact) mass is 431 g/mol. The number of amides is 2. The van der Waals surface area contributed by atoms with E-state index in [1.54, 1.807) is 30.5 Å². The second kappa shape index (κ2) is 6.86. The number of Topliss-reactive ketones (excluding diaryl/α,β-unsaturated/α-hetero) is 1. The van der Waals surface area contributed by atoms with Gasteiger partial charge in [0.25, 0.3) is 11.8 Å². The quantitative estimate of drug-likeness (QED) is 0.456. The van der Waals surface area contributed by atoms with E-state index in [1.165, 1.54) is 12.1 Å². The number of carbonyl (C=O) groups excluding carboxylic acids is 3. The van der Waals surface area contributed by atoms with Gasteiger partial charge in [0.1, 0.15) is 5.76 Å². The lowest BCUT2D eigenvalue weighted by Gasteiger charge is -2.13. The molecular weight excluding hydrogens is 417 g/mol. The lowest BCUT2D eigenvalue weighted by molar-refractivity contribution is 0.0624. The van der Waals surface area contributed by atoms with E-state index in [4.69, 9.17) is 27.7 Å². The number of aryl methyl sites for hydroxylation is 2. The third-order valence-electron chi connectivity index (χ3n) is 4.89. The first-order valence-corrected chi connectivity index (χ1v) is 9.45. The Balaban J connectivity index is 1.64. The van der Waals surface area contributed by atoms with Gasteiger partial charge < -0.3 is 4.52 Å². The number of carbonyl (C=O) groups is 3. The van der Waals surface area contributed by atoms with Crippen LogP contribution in [0.15, 0.2) is 28.8 Å². The number of hydrogen-bond acceptors (Lipinski definition) is 5. The van der Waals surface area contributed by atoms with Crippen LogP contribution in [0, 0.1) is 20.8 Å². The Hall–Kier alpha value is -2.90. The van der Waals surface area contributed by atoms with Gasteiger partial charge >= 0.3 is 0 Å². The maximum Gasteiger partial charge on any atom is 0.262 e. The van der Waals surface area contributed by atoms with E-state index in [9.17, 15) is 14.4 Å². The molecule has 0 saturated heterocycles. The van der Waals surface area contributed by atoms with Crippen molar-refractivity contribution in [1.29, 1.82) is 0 Å². The van der Waals surface area contributed by atoms with Crippen LogP contribution in [0.25, 0.3) is 5.82 Å². The van der Waals surface area contributed by atoms with Crippen LogP contribution in [0.5, 0.6) is 0 Å². The molecule has 0 radical (unpaired) electrons. The van der Waals surface area contributed by atoms with Gasteiger partial charge in [0.2, 0.25) is 0 Å². The Morgan fingerprint density at radius 2 is 1.59 bits per heavy atom. The lowest BCUT2D eigenvalue weighted by Crippen LogP contribution is -2.35. The van der Waals surface area contributed by atoms with Crippen LogP contribution in [0.1, 0.15) is 48.2 Å². The highest BCUT2D eigenvalue weighted by atomic mass is 35.5. The molecule has 1 aliphatic heterocycles. The highest BCUT2D eigenvalue weighted by Gasteiger charge is 2.38. The van der Waals surface area contributed by atoms with Gasteiger partial charge in [-0.25, -0.2) is 0 Å². The predicted octanol–water partition coefficient (Wildman–Crippen LogP) is 4.18. The lowest BCUT2D eigenvalue weighted by atomic mass is 10.1. The average molecular weight is 432 g/mol. The number of imide groups is 1. The Bertz CT molecular complexity index is 1170. The molecule has 3 heterocycles. The minimum Gasteiger partial charge on any atom is -0.360 e. The number of nitrogens with zero attached hydrogens (tertiary/aromatic N) is 3. The highest BCUT2D eigenvalue weighted by molar-refractivity contribution is 6.43. The summed E-state index contributed by atoms with van der Waals surface area (Å²) in [5.74, 6) is -0.308. The summed E-state index contributed by atoms with van der Waals surface area (Å²) < 4.78 is 6.90. The Labute approximate surface area is 175 Å². The summed E-state index contributed by atoms with van der Waals surface area (Å²) in [6, 6.07) is 6.16. The third kappa shape index (κ3) is 3.07. The van der Waals surface area contributed by atoms with Crippen LogP contribution in [0.4, 0.5) is 0 Å². The van der Waals surface area contributed by atoms with E-state index in [0.717, 1.165) is 10.6 Å². The maximum absolute atomic E-state index is 12.9. The van der Waals surface area contributed by atoms with E-state index in [-0.39, 0.29) is 33.5 Å². The van der Waals surface area contributed by atoms with Gasteiger partial charge in [0.15, 0.2) is 11.6 Å². The topological polar surface area (TPSA) is 85.4 Å². The summed E-state index contributed by atoms with van der Waals surface area (Å²) in [6.07, 6.45) is 0. The van der Waals surface area contributed by atoms with Crippen molar-refractivity contribution in [1.82, 2.24) is 14.6 Å². The summed E-state index contributed by atoms with van der Waals surface area (Å²) in [4.78, 5) is 39.1. The summed E-state index contributed by atoms with van der Waals surface area (Å²) in [5.41, 5.74) is 2.10. The van der Waals surface area contributed by atoms with Gasteiger partial charge in [-0.2, -0.15) is 0 Å². The first kappa shape index (κ1) is 19.4. The van der Waals surface area contributed by atoms with Crippen LogP contribution < -0.4 is 0 Å². The Morgan fingerprint density at radius 3 is 2.10 bits per heavy atom. The van der Waals surface area contributed by atoms with E-state index in [1.807, 2.05) is 6.92 Å². The SMILES string of the molecule is Cc1cc(-n2c(C)cc(C(=O)CN3C(=O)c4cc(Cl)c(Cl)cc4C3=O)c2C)no1. The first-order chi connectivity index (χ1) is 13.7. The average Bonchev–Trinajstić information content (AvgIpc) is 3.28. The second-order valence-electron chi connectivity index (χ2n) is 6.85. The van der Waals surface area contributed by atoms with Crippen molar-refractivity contribution in [2.45, 2.75) is 20.8 Å².